The van der Waals surface area contributed by atoms with Gasteiger partial charge >= 0.3 is 6.18 Å². The molecular formula is C28H28F3N5O3. The van der Waals surface area contributed by atoms with E-state index in [4.69, 9.17) is 4.74 Å². The number of pyridine rings is 1. The Morgan fingerprint density at radius 3 is 2.41 bits per heavy atom. The van der Waals surface area contributed by atoms with Crippen LogP contribution in [0.1, 0.15) is 53.7 Å². The fraction of sp³-hybridized carbons (Fsp3) is 0.429. The van der Waals surface area contributed by atoms with E-state index >= 15 is 0 Å². The second-order valence-corrected chi connectivity index (χ2v) is 10.5. The first kappa shape index (κ1) is 25.5. The molecule has 2 aromatic heterocycles. The lowest BCUT2D eigenvalue weighted by Crippen LogP contribution is -2.49. The quantitative estimate of drug-likeness (QED) is 0.531. The number of alkyl halides is 3. The van der Waals surface area contributed by atoms with E-state index in [1.807, 2.05) is 23.1 Å². The summed E-state index contributed by atoms with van der Waals surface area (Å²) in [6, 6.07) is 9.38. The molecule has 0 bridgehead atoms. The molecule has 8 nitrogen and oxygen atoms in total. The van der Waals surface area contributed by atoms with Gasteiger partial charge < -0.3 is 19.6 Å². The summed E-state index contributed by atoms with van der Waals surface area (Å²) in [5.41, 5.74) is 1.89. The van der Waals surface area contributed by atoms with Gasteiger partial charge in [0.1, 0.15) is 17.2 Å². The highest BCUT2D eigenvalue weighted by atomic mass is 19.4. The fourth-order valence-electron chi connectivity index (χ4n) is 5.80. The number of aliphatic hydroxyl groups is 1. The molecule has 39 heavy (non-hydrogen) atoms. The van der Waals surface area contributed by atoms with Gasteiger partial charge in [-0.2, -0.15) is 13.2 Å². The monoisotopic (exact) mass is 539 g/mol. The zero-order valence-electron chi connectivity index (χ0n) is 21.4. The first-order valence-corrected chi connectivity index (χ1v) is 13.0. The van der Waals surface area contributed by atoms with Crippen LogP contribution in [0.5, 0.6) is 5.75 Å². The average molecular weight is 540 g/mol. The molecule has 0 saturated carbocycles. The van der Waals surface area contributed by atoms with Crippen LogP contribution in [0.15, 0.2) is 48.9 Å². The Morgan fingerprint density at radius 1 is 1.05 bits per heavy atom. The summed E-state index contributed by atoms with van der Waals surface area (Å²) in [7, 11) is 0. The summed E-state index contributed by atoms with van der Waals surface area (Å²) in [6.07, 6.45) is 0.698. The van der Waals surface area contributed by atoms with Gasteiger partial charge in [0, 0.05) is 61.6 Å². The molecule has 11 heteroatoms. The van der Waals surface area contributed by atoms with Crippen molar-refractivity contribution >= 4 is 11.7 Å². The smallest absolute Gasteiger partial charge is 0.434 e. The predicted molar refractivity (Wildman–Crippen MR) is 136 cm³/mol. The molecule has 0 radical (unpaired) electrons. The summed E-state index contributed by atoms with van der Waals surface area (Å²) in [6.45, 7) is 4.23. The number of aliphatic hydroxyl groups excluding tert-OH is 1. The molecule has 5 heterocycles. The molecule has 204 valence electrons. The van der Waals surface area contributed by atoms with Crippen LogP contribution in [-0.2, 0) is 6.18 Å². The number of rotatable bonds is 3. The zero-order chi connectivity index (χ0) is 27.4. The largest absolute Gasteiger partial charge is 0.485 e. The van der Waals surface area contributed by atoms with Gasteiger partial charge in [-0.3, -0.25) is 9.78 Å². The van der Waals surface area contributed by atoms with E-state index in [1.165, 1.54) is 6.20 Å². The van der Waals surface area contributed by atoms with Gasteiger partial charge in [-0.25, -0.2) is 9.97 Å². The second-order valence-electron chi connectivity index (χ2n) is 10.5. The van der Waals surface area contributed by atoms with Gasteiger partial charge in [0.15, 0.2) is 5.69 Å². The van der Waals surface area contributed by atoms with Crippen molar-refractivity contribution in [2.24, 2.45) is 0 Å². The molecule has 1 N–H and O–H groups in total. The van der Waals surface area contributed by atoms with Crippen molar-refractivity contribution in [2.75, 3.05) is 31.1 Å². The summed E-state index contributed by atoms with van der Waals surface area (Å²) in [4.78, 5) is 28.4. The minimum absolute atomic E-state index is 0.0856. The molecule has 3 aliphatic heterocycles. The number of aromatic nitrogens is 3. The van der Waals surface area contributed by atoms with Gasteiger partial charge in [0.2, 0.25) is 0 Å². The maximum atomic E-state index is 12.8. The van der Waals surface area contributed by atoms with E-state index in [-0.39, 0.29) is 11.8 Å². The number of anilines is 1. The molecule has 2 atom stereocenters. The Labute approximate surface area is 223 Å². The van der Waals surface area contributed by atoms with Gasteiger partial charge in [-0.05, 0) is 24.6 Å². The molecular weight excluding hydrogens is 511 g/mol. The Morgan fingerprint density at radius 2 is 1.79 bits per heavy atom. The standard InChI is InChI=1S/C28H28F3N5O3/c1-17-21-12-22(18-2-4-19(5-3-18)26(38)36-9-6-20(37)16-36)32-13-23(21)39-27(17)7-10-35(11-8-27)25-15-33-24(14-34-25)28(29,30)31/h2-5,12-15,17,20,37H,6-11,16H2,1H3/t17?,20-/m1/s1. The topological polar surface area (TPSA) is 91.7 Å². The number of fused-ring (bicyclic) bond motifs is 1. The van der Waals surface area contributed by atoms with Crippen LogP contribution in [-0.4, -0.2) is 68.7 Å². The van der Waals surface area contributed by atoms with Crippen LogP contribution in [0.4, 0.5) is 19.0 Å². The first-order valence-electron chi connectivity index (χ1n) is 13.0. The average Bonchev–Trinajstić information content (AvgIpc) is 3.49. The van der Waals surface area contributed by atoms with Crippen LogP contribution in [0.25, 0.3) is 11.3 Å². The summed E-state index contributed by atoms with van der Waals surface area (Å²) in [5.74, 6) is 1.18. The van der Waals surface area contributed by atoms with Crippen LogP contribution in [0.2, 0.25) is 0 Å². The minimum Gasteiger partial charge on any atom is -0.485 e. The van der Waals surface area contributed by atoms with Crippen molar-refractivity contribution in [2.45, 2.75) is 50.0 Å². The minimum atomic E-state index is -4.51. The summed E-state index contributed by atoms with van der Waals surface area (Å²) >= 11 is 0. The highest BCUT2D eigenvalue weighted by molar-refractivity contribution is 5.94. The van der Waals surface area contributed by atoms with Crippen molar-refractivity contribution in [1.29, 1.82) is 0 Å². The molecule has 2 fully saturated rings. The molecule has 3 aliphatic rings. The van der Waals surface area contributed by atoms with E-state index in [1.54, 1.807) is 23.2 Å². The third-order valence-electron chi connectivity index (χ3n) is 8.21. The van der Waals surface area contributed by atoms with E-state index in [0.717, 1.165) is 28.8 Å². The molecule has 1 spiro atoms. The molecule has 1 unspecified atom stereocenters. The molecule has 1 aromatic carbocycles. The number of benzene rings is 1. The van der Waals surface area contributed by atoms with E-state index < -0.39 is 23.6 Å². The van der Waals surface area contributed by atoms with Crippen molar-refractivity contribution in [1.82, 2.24) is 19.9 Å². The number of hydrogen-bond acceptors (Lipinski definition) is 7. The maximum absolute atomic E-state index is 12.8. The number of carbonyl (C=O) groups excluding carboxylic acids is 1. The van der Waals surface area contributed by atoms with Crippen LogP contribution in [0.3, 0.4) is 0 Å². The molecule has 6 rings (SSSR count). The number of piperidine rings is 1. The third kappa shape index (κ3) is 4.69. The molecule has 2 saturated heterocycles. The van der Waals surface area contributed by atoms with Crippen molar-refractivity contribution < 1.29 is 27.8 Å². The number of nitrogens with zero attached hydrogens (tertiary/aromatic N) is 5. The van der Waals surface area contributed by atoms with Gasteiger partial charge in [0.25, 0.3) is 5.91 Å². The van der Waals surface area contributed by atoms with Crippen LogP contribution in [0, 0.1) is 0 Å². The van der Waals surface area contributed by atoms with Gasteiger partial charge in [0.05, 0.1) is 30.4 Å². The lowest BCUT2D eigenvalue weighted by molar-refractivity contribution is -0.141. The van der Waals surface area contributed by atoms with Crippen LogP contribution >= 0.6 is 0 Å². The second kappa shape index (κ2) is 9.48. The van der Waals surface area contributed by atoms with Crippen molar-refractivity contribution in [3.63, 3.8) is 0 Å². The normalized spacial score (nSPS) is 22.2. The van der Waals surface area contributed by atoms with Gasteiger partial charge in [-0.1, -0.05) is 19.1 Å². The van der Waals surface area contributed by atoms with E-state index in [0.29, 0.717) is 56.8 Å². The molecule has 0 aliphatic carbocycles. The number of likely N-dealkylation sites (tertiary alicyclic amines) is 1. The Balaban J connectivity index is 1.14. The van der Waals surface area contributed by atoms with E-state index in [2.05, 4.69) is 21.9 Å². The molecule has 3 aromatic rings. The van der Waals surface area contributed by atoms with Gasteiger partial charge in [-0.15, -0.1) is 0 Å². The Kier molecular flexibility index (Phi) is 6.21. The zero-order valence-corrected chi connectivity index (χ0v) is 21.4. The summed E-state index contributed by atoms with van der Waals surface area (Å²) in [5, 5.41) is 9.72. The molecule has 1 amide bonds. The first-order chi connectivity index (χ1) is 18.6. The Hall–Kier alpha value is -3.73. The number of hydrogen-bond donors (Lipinski definition) is 1. The number of halogens is 3. The number of carbonyl (C=O) groups is 1. The highest BCUT2D eigenvalue weighted by Gasteiger charge is 2.48. The van der Waals surface area contributed by atoms with E-state index in [9.17, 15) is 23.1 Å². The third-order valence-corrected chi connectivity index (χ3v) is 8.21. The highest BCUT2D eigenvalue weighted by Crippen LogP contribution is 2.50. The predicted octanol–water partition coefficient (Wildman–Crippen LogP) is 4.30. The van der Waals surface area contributed by atoms with Crippen molar-refractivity contribution in [3.8, 4) is 17.0 Å². The fourth-order valence-corrected chi connectivity index (χ4v) is 5.80. The summed E-state index contributed by atoms with van der Waals surface area (Å²) < 4.78 is 44.9. The maximum Gasteiger partial charge on any atom is 0.434 e. The lowest BCUT2D eigenvalue weighted by Gasteiger charge is -2.41. The Bertz CT molecular complexity index is 1370. The number of ether oxygens (including phenoxy) is 1. The van der Waals surface area contributed by atoms with Crippen LogP contribution < -0.4 is 9.64 Å². The SMILES string of the molecule is CC1c2cc(-c3ccc(C(=O)N4CC[C@@H](O)C4)cc3)ncc2OC12CCN(c1cnc(C(F)(F)F)cn1)CC2. The lowest BCUT2D eigenvalue weighted by atomic mass is 9.78. The number of amides is 1. The van der Waals surface area contributed by atoms with Crippen molar-refractivity contribution in [3.05, 3.63) is 65.7 Å². The number of β-amino-alcohol motifs (C(OH)–C–C–N with tert-alkyl or cyclic N) is 1.